The molecule has 0 amide bonds. The number of aryl methyl sites for hydroxylation is 2. The van der Waals surface area contributed by atoms with E-state index in [9.17, 15) is 9.90 Å². The number of rotatable bonds is 5. The van der Waals surface area contributed by atoms with Crippen molar-refractivity contribution in [2.75, 3.05) is 7.11 Å². The zero-order valence-electron chi connectivity index (χ0n) is 14.9. The maximum absolute atomic E-state index is 12.1. The fourth-order valence-electron chi connectivity index (χ4n) is 2.68. The Labute approximate surface area is 151 Å². The molecule has 0 atom stereocenters. The largest absolute Gasteiger partial charge is 0.504 e. The van der Waals surface area contributed by atoms with Gasteiger partial charge in [-0.3, -0.25) is 4.79 Å². The van der Waals surface area contributed by atoms with Crippen molar-refractivity contribution in [3.05, 3.63) is 65.5 Å². The van der Waals surface area contributed by atoms with Gasteiger partial charge in [0.05, 0.1) is 18.1 Å². The van der Waals surface area contributed by atoms with Crippen LogP contribution in [0.4, 0.5) is 0 Å². The summed E-state index contributed by atoms with van der Waals surface area (Å²) < 4.78 is 6.94. The number of benzene rings is 2. The van der Waals surface area contributed by atoms with Crippen LogP contribution in [0.25, 0.3) is 23.2 Å². The Bertz CT molecular complexity index is 1030. The minimum absolute atomic E-state index is 0.0348. The van der Waals surface area contributed by atoms with E-state index in [-0.39, 0.29) is 11.5 Å². The number of ether oxygens (including phenoxy) is 1. The molecule has 0 aliphatic carbocycles. The van der Waals surface area contributed by atoms with Gasteiger partial charge >= 0.3 is 0 Å². The summed E-state index contributed by atoms with van der Waals surface area (Å²) >= 11 is 0. The molecule has 5 heteroatoms. The van der Waals surface area contributed by atoms with Crippen molar-refractivity contribution in [2.45, 2.75) is 6.92 Å². The second kappa shape index (κ2) is 7.27. The highest BCUT2D eigenvalue weighted by atomic mass is 16.5. The highest BCUT2D eigenvalue weighted by Gasteiger charge is 2.05. The highest BCUT2D eigenvalue weighted by Crippen LogP contribution is 2.26. The van der Waals surface area contributed by atoms with Gasteiger partial charge in [0.15, 0.2) is 17.3 Å². The molecule has 0 unspecified atom stereocenters. The molecular weight excluding hydrogens is 328 g/mol. The first-order chi connectivity index (χ1) is 12.5. The molecule has 0 spiro atoms. The van der Waals surface area contributed by atoms with Crippen LogP contribution in [0.2, 0.25) is 0 Å². The maximum Gasteiger partial charge on any atom is 0.178 e. The number of imidazole rings is 1. The lowest BCUT2D eigenvalue weighted by Crippen LogP contribution is -1.92. The van der Waals surface area contributed by atoms with Gasteiger partial charge in [0.2, 0.25) is 0 Å². The van der Waals surface area contributed by atoms with Crippen molar-refractivity contribution in [3.8, 4) is 11.5 Å². The first-order valence-electron chi connectivity index (χ1n) is 8.18. The average molecular weight is 348 g/mol. The van der Waals surface area contributed by atoms with Crippen molar-refractivity contribution in [2.24, 2.45) is 7.05 Å². The summed E-state index contributed by atoms with van der Waals surface area (Å²) in [6.07, 6.45) is 6.27. The molecule has 3 rings (SSSR count). The number of hydrogen-bond acceptors (Lipinski definition) is 4. The number of phenolic OH excluding ortho intramolecular Hbond substituents is 1. The van der Waals surface area contributed by atoms with Crippen LogP contribution in [0, 0.1) is 6.92 Å². The van der Waals surface area contributed by atoms with Gasteiger partial charge in [0.1, 0.15) is 5.82 Å². The number of fused-ring (bicyclic) bond motifs is 1. The van der Waals surface area contributed by atoms with Crippen LogP contribution in [0.15, 0.2) is 48.6 Å². The van der Waals surface area contributed by atoms with E-state index < -0.39 is 0 Å². The molecule has 1 heterocycles. The number of hydrogen-bond donors (Lipinski definition) is 1. The van der Waals surface area contributed by atoms with Gasteiger partial charge in [-0.1, -0.05) is 18.2 Å². The summed E-state index contributed by atoms with van der Waals surface area (Å²) in [5.41, 5.74) is 3.78. The van der Waals surface area contributed by atoms with Gasteiger partial charge in [-0.05, 0) is 60.5 Å². The normalized spacial score (nSPS) is 11.7. The number of aromatic nitrogens is 2. The lowest BCUT2D eigenvalue weighted by Gasteiger charge is -2.02. The highest BCUT2D eigenvalue weighted by molar-refractivity contribution is 6.04. The quantitative estimate of drug-likeness (QED) is 0.711. The van der Waals surface area contributed by atoms with E-state index in [2.05, 4.69) is 4.98 Å². The van der Waals surface area contributed by atoms with Crippen LogP contribution in [-0.2, 0) is 11.8 Å². The molecule has 26 heavy (non-hydrogen) atoms. The Hall–Kier alpha value is -3.34. The number of carbonyl (C=O) groups excluding carboxylic acids is 1. The Kier molecular flexibility index (Phi) is 4.89. The number of phenols is 1. The maximum atomic E-state index is 12.1. The molecule has 3 aromatic rings. The summed E-state index contributed by atoms with van der Waals surface area (Å²) in [7, 11) is 3.41. The van der Waals surface area contributed by atoms with Crippen molar-refractivity contribution in [1.29, 1.82) is 0 Å². The number of allylic oxidation sites excluding steroid dienone is 2. The molecule has 0 radical (unpaired) electrons. The molecule has 2 aromatic carbocycles. The zero-order valence-corrected chi connectivity index (χ0v) is 14.9. The van der Waals surface area contributed by atoms with Crippen LogP contribution in [0.1, 0.15) is 17.0 Å². The first kappa shape index (κ1) is 17.5. The third kappa shape index (κ3) is 3.67. The third-order valence-corrected chi connectivity index (χ3v) is 4.11. The number of methoxy groups -OCH3 is 1. The predicted octanol–water partition coefficient (Wildman–Crippen LogP) is 3.89. The molecule has 0 saturated heterocycles. The molecule has 0 fully saturated rings. The fraction of sp³-hybridized carbons (Fsp3) is 0.143. The van der Waals surface area contributed by atoms with Gasteiger partial charge in [-0.2, -0.15) is 0 Å². The van der Waals surface area contributed by atoms with Crippen LogP contribution in [0.5, 0.6) is 11.5 Å². The van der Waals surface area contributed by atoms with Gasteiger partial charge in [-0.15, -0.1) is 0 Å². The first-order valence-corrected chi connectivity index (χ1v) is 8.18. The third-order valence-electron chi connectivity index (χ3n) is 4.11. The lowest BCUT2D eigenvalue weighted by atomic mass is 10.1. The van der Waals surface area contributed by atoms with Crippen molar-refractivity contribution >= 4 is 29.0 Å². The standard InChI is InChI=1S/C21H20N2O3/c1-14-4-9-18-17(12-14)22-21(23(18)2)11-8-16(24)7-5-15-6-10-20(26-3)19(25)13-15/h4-13,25H,1-3H3/b7-5+,11-8+. The molecule has 1 N–H and O–H groups in total. The van der Waals surface area contributed by atoms with E-state index in [1.807, 2.05) is 36.7 Å². The monoisotopic (exact) mass is 348 g/mol. The minimum atomic E-state index is -0.163. The Morgan fingerprint density at radius 1 is 1.15 bits per heavy atom. The van der Waals surface area contributed by atoms with Gasteiger partial charge < -0.3 is 14.4 Å². The minimum Gasteiger partial charge on any atom is -0.504 e. The molecule has 132 valence electrons. The smallest absolute Gasteiger partial charge is 0.178 e. The van der Waals surface area contributed by atoms with E-state index in [0.29, 0.717) is 11.3 Å². The average Bonchev–Trinajstić information content (AvgIpc) is 2.93. The molecule has 5 nitrogen and oxygen atoms in total. The van der Waals surface area contributed by atoms with E-state index in [1.54, 1.807) is 30.4 Å². The van der Waals surface area contributed by atoms with Crippen LogP contribution in [0.3, 0.4) is 0 Å². The fourth-order valence-corrected chi connectivity index (χ4v) is 2.68. The second-order valence-electron chi connectivity index (χ2n) is 6.02. The number of ketones is 1. The Morgan fingerprint density at radius 2 is 1.92 bits per heavy atom. The van der Waals surface area contributed by atoms with Gasteiger partial charge in [0.25, 0.3) is 0 Å². The van der Waals surface area contributed by atoms with Crippen LogP contribution >= 0.6 is 0 Å². The lowest BCUT2D eigenvalue weighted by molar-refractivity contribution is -0.110. The van der Waals surface area contributed by atoms with Crippen molar-refractivity contribution in [3.63, 3.8) is 0 Å². The van der Waals surface area contributed by atoms with Crippen molar-refractivity contribution < 1.29 is 14.6 Å². The summed E-state index contributed by atoms with van der Waals surface area (Å²) in [5, 5.41) is 9.76. The SMILES string of the molecule is COc1ccc(/C=C/C(=O)/C=C/c2nc3cc(C)ccc3n2C)cc1O. The van der Waals surface area contributed by atoms with Crippen LogP contribution in [-0.4, -0.2) is 27.6 Å². The second-order valence-corrected chi connectivity index (χ2v) is 6.02. The van der Waals surface area contributed by atoms with E-state index in [0.717, 1.165) is 22.4 Å². The summed E-state index contributed by atoms with van der Waals surface area (Å²) in [5.74, 6) is 0.982. The Morgan fingerprint density at radius 3 is 2.65 bits per heavy atom. The molecular formula is C21H20N2O3. The topological polar surface area (TPSA) is 64.3 Å². The zero-order chi connectivity index (χ0) is 18.7. The molecule has 0 aliphatic heterocycles. The van der Waals surface area contributed by atoms with E-state index in [1.165, 1.54) is 19.3 Å². The number of aromatic hydroxyl groups is 1. The van der Waals surface area contributed by atoms with Gasteiger partial charge in [-0.25, -0.2) is 4.98 Å². The summed E-state index contributed by atoms with van der Waals surface area (Å²) in [6.45, 7) is 2.02. The number of nitrogens with zero attached hydrogens (tertiary/aromatic N) is 2. The van der Waals surface area contributed by atoms with Gasteiger partial charge in [0, 0.05) is 7.05 Å². The molecule has 1 aromatic heterocycles. The van der Waals surface area contributed by atoms with Crippen molar-refractivity contribution in [1.82, 2.24) is 9.55 Å². The summed E-state index contributed by atoms with van der Waals surface area (Å²) in [6, 6.07) is 11.0. The molecule has 0 aliphatic rings. The molecule has 0 bridgehead atoms. The van der Waals surface area contributed by atoms with Crippen LogP contribution < -0.4 is 4.74 Å². The molecule has 0 saturated carbocycles. The Balaban J connectivity index is 1.75. The van der Waals surface area contributed by atoms with E-state index >= 15 is 0 Å². The summed E-state index contributed by atoms with van der Waals surface area (Å²) in [4.78, 5) is 16.6. The predicted molar refractivity (Wildman–Crippen MR) is 103 cm³/mol. The number of carbonyl (C=O) groups is 1. The van der Waals surface area contributed by atoms with E-state index in [4.69, 9.17) is 4.74 Å².